The molecular formula is C26H32F4O. The Hall–Kier alpha value is -2.04. The Balaban J connectivity index is 1.63. The minimum atomic E-state index is -4.71. The molecule has 1 unspecified atom stereocenters. The summed E-state index contributed by atoms with van der Waals surface area (Å²) in [7, 11) is 0. The van der Waals surface area contributed by atoms with Crippen LogP contribution in [0.2, 0.25) is 0 Å². The molecule has 1 nitrogen and oxygen atoms in total. The van der Waals surface area contributed by atoms with E-state index in [1.807, 2.05) is 30.3 Å². The molecule has 31 heavy (non-hydrogen) atoms. The van der Waals surface area contributed by atoms with E-state index in [-0.39, 0.29) is 11.9 Å². The van der Waals surface area contributed by atoms with Crippen molar-refractivity contribution >= 4 is 0 Å². The summed E-state index contributed by atoms with van der Waals surface area (Å²) in [6.07, 6.45) is 5.65. The molecule has 0 radical (unpaired) electrons. The predicted molar refractivity (Wildman–Crippen MR) is 115 cm³/mol. The van der Waals surface area contributed by atoms with Gasteiger partial charge in [-0.1, -0.05) is 82.2 Å². The molecule has 3 rings (SSSR count). The van der Waals surface area contributed by atoms with Crippen LogP contribution in [-0.2, 0) is 6.18 Å². The molecule has 1 atom stereocenters. The van der Waals surface area contributed by atoms with Gasteiger partial charge in [0.15, 0.2) is 0 Å². The smallest absolute Gasteiger partial charge is 0.419 e. The third-order valence-corrected chi connectivity index (χ3v) is 6.47. The van der Waals surface area contributed by atoms with Crippen LogP contribution >= 0.6 is 0 Å². The van der Waals surface area contributed by atoms with Crippen LogP contribution in [0.1, 0.15) is 81.9 Å². The number of benzene rings is 2. The van der Waals surface area contributed by atoms with E-state index in [0.717, 1.165) is 36.5 Å². The predicted octanol–water partition coefficient (Wildman–Crippen LogP) is 8.74. The molecule has 1 aliphatic carbocycles. The van der Waals surface area contributed by atoms with Gasteiger partial charge in [0.2, 0.25) is 0 Å². The molecule has 0 spiro atoms. The van der Waals surface area contributed by atoms with E-state index >= 15 is 0 Å². The van der Waals surface area contributed by atoms with Gasteiger partial charge in [-0.15, -0.1) is 0 Å². The fourth-order valence-electron chi connectivity index (χ4n) is 4.61. The number of hydrogen-bond donors (Lipinski definition) is 0. The van der Waals surface area contributed by atoms with E-state index in [1.165, 1.54) is 51.0 Å². The monoisotopic (exact) mass is 436 g/mol. The van der Waals surface area contributed by atoms with Crippen LogP contribution in [0, 0.1) is 17.7 Å². The van der Waals surface area contributed by atoms with Crippen molar-refractivity contribution in [2.45, 2.75) is 77.0 Å². The number of rotatable bonds is 9. The lowest BCUT2D eigenvalue weighted by Crippen LogP contribution is -2.17. The van der Waals surface area contributed by atoms with Gasteiger partial charge in [-0.25, -0.2) is 4.39 Å². The molecule has 0 saturated heterocycles. The molecule has 0 heterocycles. The zero-order valence-electron chi connectivity index (χ0n) is 18.1. The quantitative estimate of drug-likeness (QED) is 0.357. The Kier molecular flexibility index (Phi) is 8.39. The highest BCUT2D eigenvalue weighted by Crippen LogP contribution is 2.37. The lowest BCUT2D eigenvalue weighted by Gasteiger charge is -2.30. The Bertz CT molecular complexity index is 795. The Morgan fingerprint density at radius 3 is 2.16 bits per heavy atom. The van der Waals surface area contributed by atoms with Gasteiger partial charge in [0, 0.05) is 6.07 Å². The van der Waals surface area contributed by atoms with Crippen molar-refractivity contribution < 1.29 is 22.3 Å². The maximum atomic E-state index is 14.0. The van der Waals surface area contributed by atoms with Crippen LogP contribution in [-0.4, -0.2) is 0 Å². The molecule has 170 valence electrons. The van der Waals surface area contributed by atoms with Crippen molar-refractivity contribution in [3.8, 4) is 5.75 Å². The summed E-state index contributed by atoms with van der Waals surface area (Å²) in [6, 6.07) is 12.5. The SMILES string of the molecule is CCCC[C@H]1CC[C@H](CCC(Oc2ccc(C(F)(F)F)c(F)c2)c2ccccc2)CC1. The van der Waals surface area contributed by atoms with Gasteiger partial charge < -0.3 is 4.74 Å². The summed E-state index contributed by atoms with van der Waals surface area (Å²) >= 11 is 0. The number of ether oxygens (including phenoxy) is 1. The second kappa shape index (κ2) is 11.0. The van der Waals surface area contributed by atoms with Crippen LogP contribution in [0.4, 0.5) is 17.6 Å². The highest BCUT2D eigenvalue weighted by molar-refractivity contribution is 5.31. The van der Waals surface area contributed by atoms with Crippen LogP contribution in [0.15, 0.2) is 48.5 Å². The van der Waals surface area contributed by atoms with Gasteiger partial charge in [0.25, 0.3) is 0 Å². The summed E-state index contributed by atoms with van der Waals surface area (Å²) in [5.41, 5.74) is -0.310. The second-order valence-electron chi connectivity index (χ2n) is 8.76. The Labute approximate surface area is 182 Å². The number of hydrogen-bond acceptors (Lipinski definition) is 1. The van der Waals surface area contributed by atoms with Gasteiger partial charge in [-0.3, -0.25) is 0 Å². The van der Waals surface area contributed by atoms with Gasteiger partial charge in [-0.2, -0.15) is 13.2 Å². The molecule has 0 amide bonds. The lowest BCUT2D eigenvalue weighted by molar-refractivity contribution is -0.140. The first kappa shape index (κ1) is 23.6. The molecule has 0 aromatic heterocycles. The molecule has 1 fully saturated rings. The average molecular weight is 437 g/mol. The average Bonchev–Trinajstić information content (AvgIpc) is 2.75. The molecule has 0 aliphatic heterocycles. The summed E-state index contributed by atoms with van der Waals surface area (Å²) in [4.78, 5) is 0. The van der Waals surface area contributed by atoms with Crippen molar-refractivity contribution in [3.05, 3.63) is 65.5 Å². The molecule has 5 heteroatoms. The maximum absolute atomic E-state index is 14.0. The maximum Gasteiger partial charge on any atom is 0.419 e. The fourth-order valence-corrected chi connectivity index (χ4v) is 4.61. The molecule has 1 saturated carbocycles. The van der Waals surface area contributed by atoms with E-state index in [4.69, 9.17) is 4.74 Å². The van der Waals surface area contributed by atoms with Crippen molar-refractivity contribution in [1.82, 2.24) is 0 Å². The topological polar surface area (TPSA) is 9.23 Å². The number of unbranched alkanes of at least 4 members (excludes halogenated alkanes) is 1. The Morgan fingerprint density at radius 1 is 0.935 bits per heavy atom. The normalized spacial score (nSPS) is 20.4. The molecule has 2 aromatic carbocycles. The summed E-state index contributed by atoms with van der Waals surface area (Å²) in [5, 5.41) is 0. The standard InChI is InChI=1S/C26H32F4O/c1-2-3-7-19-10-12-20(13-11-19)14-17-25(21-8-5-4-6-9-21)31-22-15-16-23(24(27)18-22)26(28,29)30/h4-6,8-9,15-16,18-20,25H,2-3,7,10-14,17H2,1H3/t19-,20-,25?. The minimum absolute atomic E-state index is 0.127. The van der Waals surface area contributed by atoms with Gasteiger partial charge in [0.1, 0.15) is 17.7 Å². The zero-order chi connectivity index (χ0) is 22.3. The van der Waals surface area contributed by atoms with Crippen molar-refractivity contribution in [2.75, 3.05) is 0 Å². The molecule has 0 N–H and O–H groups in total. The summed E-state index contributed by atoms with van der Waals surface area (Å²) in [6.45, 7) is 2.23. The van der Waals surface area contributed by atoms with Crippen molar-refractivity contribution in [3.63, 3.8) is 0 Å². The van der Waals surface area contributed by atoms with Crippen LogP contribution in [0.5, 0.6) is 5.75 Å². The van der Waals surface area contributed by atoms with Crippen molar-refractivity contribution in [2.24, 2.45) is 11.8 Å². The van der Waals surface area contributed by atoms with Gasteiger partial charge in [-0.05, 0) is 42.4 Å². The van der Waals surface area contributed by atoms with Crippen LogP contribution < -0.4 is 4.74 Å². The highest BCUT2D eigenvalue weighted by atomic mass is 19.4. The first-order chi connectivity index (χ1) is 14.9. The first-order valence-electron chi connectivity index (χ1n) is 11.4. The van der Waals surface area contributed by atoms with Crippen LogP contribution in [0.25, 0.3) is 0 Å². The fraction of sp³-hybridized carbons (Fsp3) is 0.538. The summed E-state index contributed by atoms with van der Waals surface area (Å²) < 4.78 is 58.6. The lowest BCUT2D eigenvalue weighted by atomic mass is 9.77. The largest absolute Gasteiger partial charge is 0.486 e. The Morgan fingerprint density at radius 2 is 1.58 bits per heavy atom. The molecule has 1 aliphatic rings. The van der Waals surface area contributed by atoms with E-state index in [2.05, 4.69) is 6.92 Å². The first-order valence-corrected chi connectivity index (χ1v) is 11.4. The van der Waals surface area contributed by atoms with E-state index in [0.29, 0.717) is 5.92 Å². The van der Waals surface area contributed by atoms with Gasteiger partial charge >= 0.3 is 6.18 Å². The van der Waals surface area contributed by atoms with E-state index < -0.39 is 17.6 Å². The third kappa shape index (κ3) is 6.98. The number of alkyl halides is 3. The summed E-state index contributed by atoms with van der Waals surface area (Å²) in [5.74, 6) is 0.328. The molecule has 2 aromatic rings. The van der Waals surface area contributed by atoms with Gasteiger partial charge in [0.05, 0.1) is 5.56 Å². The van der Waals surface area contributed by atoms with E-state index in [9.17, 15) is 17.6 Å². The van der Waals surface area contributed by atoms with Crippen LogP contribution in [0.3, 0.4) is 0 Å². The van der Waals surface area contributed by atoms with Crippen molar-refractivity contribution in [1.29, 1.82) is 0 Å². The highest BCUT2D eigenvalue weighted by Gasteiger charge is 2.34. The molecule has 0 bridgehead atoms. The zero-order valence-corrected chi connectivity index (χ0v) is 18.1. The molecular weight excluding hydrogens is 404 g/mol. The number of halogens is 4. The third-order valence-electron chi connectivity index (χ3n) is 6.47. The second-order valence-corrected chi connectivity index (χ2v) is 8.76. The van der Waals surface area contributed by atoms with E-state index in [1.54, 1.807) is 0 Å². The minimum Gasteiger partial charge on any atom is -0.486 e.